The van der Waals surface area contributed by atoms with Gasteiger partial charge in [-0.2, -0.15) is 0 Å². The van der Waals surface area contributed by atoms with E-state index < -0.39 is 0 Å². The van der Waals surface area contributed by atoms with Crippen LogP contribution in [0.25, 0.3) is 0 Å². The van der Waals surface area contributed by atoms with Gasteiger partial charge in [-0.25, -0.2) is 0 Å². The first kappa shape index (κ1) is 15.8. The van der Waals surface area contributed by atoms with Crippen LogP contribution in [0.3, 0.4) is 0 Å². The van der Waals surface area contributed by atoms with Gasteiger partial charge in [-0.1, -0.05) is 48.5 Å². The molecule has 0 spiro atoms. The van der Waals surface area contributed by atoms with Crippen molar-refractivity contribution in [2.24, 2.45) is 0 Å². The predicted molar refractivity (Wildman–Crippen MR) is 101 cm³/mol. The first-order chi connectivity index (χ1) is 12.3. The molecule has 0 aliphatic heterocycles. The maximum atomic E-state index is 5.35. The van der Waals surface area contributed by atoms with Crippen LogP contribution in [0.2, 0.25) is 0 Å². The second kappa shape index (κ2) is 6.29. The van der Waals surface area contributed by atoms with E-state index in [2.05, 4.69) is 72.8 Å². The van der Waals surface area contributed by atoms with Crippen LogP contribution in [-0.4, -0.2) is 14.2 Å². The topological polar surface area (TPSA) is 18.5 Å². The molecule has 0 radical (unpaired) electrons. The van der Waals surface area contributed by atoms with Crippen molar-refractivity contribution in [3.05, 3.63) is 95.1 Å². The van der Waals surface area contributed by atoms with Crippen LogP contribution in [0.15, 0.2) is 72.8 Å². The van der Waals surface area contributed by atoms with Crippen molar-refractivity contribution in [1.82, 2.24) is 0 Å². The summed E-state index contributed by atoms with van der Waals surface area (Å²) in [6.45, 7) is 0. The first-order valence-corrected chi connectivity index (χ1v) is 8.65. The van der Waals surface area contributed by atoms with E-state index in [1.54, 1.807) is 14.2 Å². The monoisotopic (exact) mass is 330 g/mol. The van der Waals surface area contributed by atoms with Gasteiger partial charge < -0.3 is 9.47 Å². The Morgan fingerprint density at radius 1 is 0.680 bits per heavy atom. The lowest BCUT2D eigenvalue weighted by Gasteiger charge is -2.32. The normalized spacial score (nSPS) is 14.8. The molecule has 3 aromatic carbocycles. The van der Waals surface area contributed by atoms with Gasteiger partial charge in [0.1, 0.15) is 11.5 Å². The Morgan fingerprint density at radius 3 is 1.72 bits per heavy atom. The zero-order chi connectivity index (χ0) is 17.3. The van der Waals surface area contributed by atoms with E-state index >= 15 is 0 Å². The van der Waals surface area contributed by atoms with Crippen molar-refractivity contribution in [1.29, 1.82) is 0 Å². The molecule has 1 aliphatic carbocycles. The van der Waals surface area contributed by atoms with Crippen LogP contribution in [-0.2, 0) is 11.8 Å². The van der Waals surface area contributed by atoms with Gasteiger partial charge in [-0.15, -0.1) is 0 Å². The van der Waals surface area contributed by atoms with Crippen molar-refractivity contribution < 1.29 is 9.47 Å². The molecule has 0 heterocycles. The molecule has 0 unspecified atom stereocenters. The van der Waals surface area contributed by atoms with Gasteiger partial charge in [0, 0.05) is 5.41 Å². The number of hydrogen-bond donors (Lipinski definition) is 0. The number of fused-ring (bicyclic) bond motifs is 1. The molecule has 4 rings (SSSR count). The summed E-state index contributed by atoms with van der Waals surface area (Å²) in [5.74, 6) is 1.78. The Kier molecular flexibility index (Phi) is 3.96. The molecule has 2 heteroatoms. The quantitative estimate of drug-likeness (QED) is 0.671. The Morgan fingerprint density at radius 2 is 1.20 bits per heavy atom. The maximum Gasteiger partial charge on any atom is 0.118 e. The van der Waals surface area contributed by atoms with E-state index in [4.69, 9.17) is 9.47 Å². The van der Waals surface area contributed by atoms with Crippen molar-refractivity contribution in [3.63, 3.8) is 0 Å². The molecule has 0 amide bonds. The summed E-state index contributed by atoms with van der Waals surface area (Å²) in [6, 6.07) is 25.8. The summed E-state index contributed by atoms with van der Waals surface area (Å²) < 4.78 is 10.7. The minimum absolute atomic E-state index is 0.116. The lowest BCUT2D eigenvalue weighted by molar-refractivity contribution is 0.414. The van der Waals surface area contributed by atoms with Gasteiger partial charge in [0.25, 0.3) is 0 Å². The van der Waals surface area contributed by atoms with E-state index in [0.29, 0.717) is 0 Å². The first-order valence-electron chi connectivity index (χ1n) is 8.65. The maximum absolute atomic E-state index is 5.35. The molecule has 0 N–H and O–H groups in total. The Bertz CT molecular complexity index is 816. The molecule has 0 bridgehead atoms. The number of benzene rings is 3. The van der Waals surface area contributed by atoms with Crippen LogP contribution in [0, 0.1) is 0 Å². The third-order valence-corrected chi connectivity index (χ3v) is 5.41. The Balaban J connectivity index is 1.92. The molecule has 0 aromatic heterocycles. The standard InChI is InChI=1S/C23H22O2/c1-24-20-11-7-18(8-12-20)23(19-9-13-21(25-2)14-10-19)16-15-17-5-3-4-6-22(17)23/h3-14H,15-16H2,1-2H3. The number of hydrogen-bond acceptors (Lipinski definition) is 2. The van der Waals surface area contributed by atoms with Gasteiger partial charge in [0.15, 0.2) is 0 Å². The van der Waals surface area contributed by atoms with Crippen molar-refractivity contribution in [2.45, 2.75) is 18.3 Å². The molecule has 2 nitrogen and oxygen atoms in total. The smallest absolute Gasteiger partial charge is 0.118 e. The minimum atomic E-state index is -0.116. The molecule has 0 saturated carbocycles. The van der Waals surface area contributed by atoms with E-state index in [1.807, 2.05) is 0 Å². The zero-order valence-electron chi connectivity index (χ0n) is 14.7. The average molecular weight is 330 g/mol. The molecule has 1 aliphatic rings. The zero-order valence-corrected chi connectivity index (χ0v) is 14.7. The highest BCUT2D eigenvalue weighted by Gasteiger charge is 2.41. The predicted octanol–water partition coefficient (Wildman–Crippen LogP) is 4.98. The highest BCUT2D eigenvalue weighted by atomic mass is 16.5. The fraction of sp³-hybridized carbons (Fsp3) is 0.217. The summed E-state index contributed by atoms with van der Waals surface area (Å²) in [4.78, 5) is 0. The van der Waals surface area contributed by atoms with Crippen molar-refractivity contribution in [2.75, 3.05) is 14.2 Å². The number of aryl methyl sites for hydroxylation is 1. The van der Waals surface area contributed by atoms with Gasteiger partial charge in [-0.3, -0.25) is 0 Å². The number of rotatable bonds is 4. The fourth-order valence-corrected chi connectivity index (χ4v) is 4.13. The van der Waals surface area contributed by atoms with E-state index in [1.165, 1.54) is 22.3 Å². The highest BCUT2D eigenvalue weighted by molar-refractivity contribution is 5.57. The van der Waals surface area contributed by atoms with Crippen molar-refractivity contribution >= 4 is 0 Å². The molecule has 0 fully saturated rings. The van der Waals surface area contributed by atoms with Crippen LogP contribution >= 0.6 is 0 Å². The summed E-state index contributed by atoms with van der Waals surface area (Å²) in [6.07, 6.45) is 2.17. The molecule has 25 heavy (non-hydrogen) atoms. The SMILES string of the molecule is COc1ccc(C2(c3ccc(OC)cc3)CCc3ccccc32)cc1. The van der Waals surface area contributed by atoms with Gasteiger partial charge in [0.05, 0.1) is 14.2 Å². The molecular weight excluding hydrogens is 308 g/mol. The third kappa shape index (κ3) is 2.49. The van der Waals surface area contributed by atoms with Crippen LogP contribution in [0.4, 0.5) is 0 Å². The van der Waals surface area contributed by atoms with Crippen LogP contribution < -0.4 is 9.47 Å². The lowest BCUT2D eigenvalue weighted by Crippen LogP contribution is -2.26. The molecular formula is C23H22O2. The largest absolute Gasteiger partial charge is 0.497 e. The van der Waals surface area contributed by atoms with E-state index in [-0.39, 0.29) is 5.41 Å². The number of methoxy groups -OCH3 is 2. The fourth-order valence-electron chi connectivity index (χ4n) is 4.13. The minimum Gasteiger partial charge on any atom is -0.497 e. The lowest BCUT2D eigenvalue weighted by atomic mass is 9.70. The van der Waals surface area contributed by atoms with Gasteiger partial charge >= 0.3 is 0 Å². The van der Waals surface area contributed by atoms with E-state index in [0.717, 1.165) is 24.3 Å². The second-order valence-corrected chi connectivity index (χ2v) is 6.52. The van der Waals surface area contributed by atoms with Crippen LogP contribution in [0.1, 0.15) is 28.7 Å². The third-order valence-electron chi connectivity index (χ3n) is 5.41. The molecule has 3 aromatic rings. The molecule has 0 atom stereocenters. The van der Waals surface area contributed by atoms with E-state index in [9.17, 15) is 0 Å². The van der Waals surface area contributed by atoms with Crippen molar-refractivity contribution in [3.8, 4) is 11.5 Å². The summed E-state index contributed by atoms with van der Waals surface area (Å²) >= 11 is 0. The summed E-state index contributed by atoms with van der Waals surface area (Å²) in [5.41, 5.74) is 5.35. The van der Waals surface area contributed by atoms with Crippen LogP contribution in [0.5, 0.6) is 11.5 Å². The summed E-state index contributed by atoms with van der Waals surface area (Å²) in [7, 11) is 3.41. The molecule has 0 saturated heterocycles. The average Bonchev–Trinajstić information content (AvgIpc) is 3.09. The Hall–Kier alpha value is -2.74. The number of ether oxygens (including phenoxy) is 2. The Labute approximate surface area is 149 Å². The van der Waals surface area contributed by atoms with Gasteiger partial charge in [0.2, 0.25) is 0 Å². The highest BCUT2D eigenvalue weighted by Crippen LogP contribution is 2.49. The molecule has 126 valence electrons. The summed E-state index contributed by atoms with van der Waals surface area (Å²) in [5, 5.41) is 0. The second-order valence-electron chi connectivity index (χ2n) is 6.52. The van der Waals surface area contributed by atoms with Gasteiger partial charge in [-0.05, 0) is 59.4 Å².